The number of likely N-dealkylation sites (N-methyl/N-ethyl adjacent to an activating group) is 1. The van der Waals surface area contributed by atoms with Gasteiger partial charge in [0.1, 0.15) is 6.04 Å². The highest BCUT2D eigenvalue weighted by Crippen LogP contribution is 2.21. The molecule has 30 heavy (non-hydrogen) atoms. The van der Waals surface area contributed by atoms with Gasteiger partial charge in [-0.1, -0.05) is 12.1 Å². The third-order valence-electron chi connectivity index (χ3n) is 6.10. The number of benzene rings is 1. The Morgan fingerprint density at radius 1 is 1.17 bits per heavy atom. The summed E-state index contributed by atoms with van der Waals surface area (Å²) in [6.45, 7) is 7.73. The molecule has 7 nitrogen and oxygen atoms in total. The lowest BCUT2D eigenvalue weighted by Crippen LogP contribution is -2.46. The van der Waals surface area contributed by atoms with Gasteiger partial charge >= 0.3 is 6.03 Å². The van der Waals surface area contributed by atoms with Crippen LogP contribution in [-0.2, 0) is 16.1 Å². The minimum Gasteiger partial charge on any atom is -0.377 e. The first kappa shape index (κ1) is 22.6. The van der Waals surface area contributed by atoms with Crippen LogP contribution in [0.2, 0.25) is 0 Å². The molecule has 0 aliphatic carbocycles. The van der Waals surface area contributed by atoms with Crippen molar-refractivity contribution < 1.29 is 14.3 Å². The van der Waals surface area contributed by atoms with Crippen molar-refractivity contribution in [3.63, 3.8) is 0 Å². The fourth-order valence-electron chi connectivity index (χ4n) is 4.24. The van der Waals surface area contributed by atoms with Crippen LogP contribution in [0.1, 0.15) is 51.5 Å². The van der Waals surface area contributed by atoms with Gasteiger partial charge in [0.15, 0.2) is 0 Å². The van der Waals surface area contributed by atoms with E-state index in [1.807, 2.05) is 12.1 Å². The highest BCUT2D eigenvalue weighted by molar-refractivity contribution is 5.94. The molecule has 3 amide bonds. The minimum absolute atomic E-state index is 0.103. The van der Waals surface area contributed by atoms with Crippen LogP contribution in [0.5, 0.6) is 0 Å². The molecule has 0 aromatic heterocycles. The molecule has 2 atom stereocenters. The second kappa shape index (κ2) is 10.8. The topological polar surface area (TPSA) is 73.9 Å². The van der Waals surface area contributed by atoms with Crippen molar-refractivity contribution in [1.29, 1.82) is 0 Å². The number of anilines is 1. The molecule has 1 aromatic carbocycles. The zero-order valence-corrected chi connectivity index (χ0v) is 18.5. The summed E-state index contributed by atoms with van der Waals surface area (Å²) in [5.74, 6) is -0.103. The highest BCUT2D eigenvalue weighted by Gasteiger charge is 2.33. The lowest BCUT2D eigenvalue weighted by Gasteiger charge is -2.32. The summed E-state index contributed by atoms with van der Waals surface area (Å²) in [6.07, 6.45) is 5.45. The molecule has 0 saturated carbocycles. The number of carbonyl (C=O) groups excluding carboxylic acids is 2. The molecule has 2 heterocycles. The van der Waals surface area contributed by atoms with Gasteiger partial charge in [0.05, 0.1) is 6.10 Å². The van der Waals surface area contributed by atoms with Crippen LogP contribution in [0.15, 0.2) is 24.3 Å². The first-order valence-corrected chi connectivity index (χ1v) is 11.2. The van der Waals surface area contributed by atoms with Gasteiger partial charge in [0, 0.05) is 45.0 Å². The van der Waals surface area contributed by atoms with E-state index in [0.29, 0.717) is 25.1 Å². The number of likely N-dealkylation sites (tertiary alicyclic amines) is 1. The van der Waals surface area contributed by atoms with Crippen LogP contribution in [-0.4, -0.2) is 66.7 Å². The van der Waals surface area contributed by atoms with Gasteiger partial charge in [-0.05, 0) is 63.6 Å². The van der Waals surface area contributed by atoms with E-state index in [9.17, 15) is 9.59 Å². The maximum Gasteiger partial charge on any atom is 0.322 e. The van der Waals surface area contributed by atoms with Gasteiger partial charge in [0.25, 0.3) is 0 Å². The maximum absolute atomic E-state index is 12.6. The van der Waals surface area contributed by atoms with Crippen molar-refractivity contribution in [3.05, 3.63) is 29.8 Å². The lowest BCUT2D eigenvalue weighted by atomic mass is 10.1. The quantitative estimate of drug-likeness (QED) is 0.716. The second-order valence-corrected chi connectivity index (χ2v) is 8.60. The number of carbonyl (C=O) groups is 2. The first-order chi connectivity index (χ1) is 14.5. The van der Waals surface area contributed by atoms with Crippen LogP contribution in [0.4, 0.5) is 10.5 Å². The number of hydrogen-bond acceptors (Lipinski definition) is 4. The number of rotatable bonds is 7. The van der Waals surface area contributed by atoms with Crippen molar-refractivity contribution in [2.45, 2.75) is 70.7 Å². The van der Waals surface area contributed by atoms with E-state index >= 15 is 0 Å². The summed E-state index contributed by atoms with van der Waals surface area (Å²) in [6, 6.07) is 7.84. The van der Waals surface area contributed by atoms with E-state index in [0.717, 1.165) is 38.2 Å². The van der Waals surface area contributed by atoms with E-state index in [-0.39, 0.29) is 18.0 Å². The third kappa shape index (κ3) is 5.95. The van der Waals surface area contributed by atoms with Crippen molar-refractivity contribution in [2.75, 3.05) is 32.1 Å². The van der Waals surface area contributed by atoms with E-state index in [1.165, 1.54) is 18.4 Å². The van der Waals surface area contributed by atoms with Crippen molar-refractivity contribution in [2.24, 2.45) is 0 Å². The van der Waals surface area contributed by atoms with Gasteiger partial charge in [-0.3, -0.25) is 9.69 Å². The van der Waals surface area contributed by atoms with Crippen molar-refractivity contribution >= 4 is 17.6 Å². The molecule has 166 valence electrons. The predicted molar refractivity (Wildman–Crippen MR) is 118 cm³/mol. The Morgan fingerprint density at radius 2 is 1.93 bits per heavy atom. The molecule has 2 aliphatic heterocycles. The Hall–Kier alpha value is -2.12. The Balaban J connectivity index is 1.55. The van der Waals surface area contributed by atoms with Gasteiger partial charge in [-0.2, -0.15) is 0 Å². The molecular weight excluding hydrogens is 380 g/mol. The molecule has 0 spiro atoms. The summed E-state index contributed by atoms with van der Waals surface area (Å²) in [5, 5.41) is 5.58. The summed E-state index contributed by atoms with van der Waals surface area (Å²) in [4.78, 5) is 28.7. The second-order valence-electron chi connectivity index (χ2n) is 8.60. The maximum atomic E-state index is 12.6. The molecule has 7 heteroatoms. The SMILES string of the molecule is CNC(=O)[C@@H]1CCCN1C(=O)Nc1ccc(CN(C[C@@H]2CCCCO2)C(C)C)cc1. The Labute approximate surface area is 180 Å². The fraction of sp³-hybridized carbons (Fsp3) is 0.652. The minimum atomic E-state index is -0.379. The Kier molecular flexibility index (Phi) is 8.10. The zero-order valence-electron chi connectivity index (χ0n) is 18.5. The van der Waals surface area contributed by atoms with Crippen molar-refractivity contribution in [1.82, 2.24) is 15.1 Å². The molecule has 2 fully saturated rings. The van der Waals surface area contributed by atoms with Crippen LogP contribution in [0.3, 0.4) is 0 Å². The molecule has 0 unspecified atom stereocenters. The predicted octanol–water partition coefficient (Wildman–Crippen LogP) is 3.21. The van der Waals surface area contributed by atoms with E-state index < -0.39 is 0 Å². The summed E-state index contributed by atoms with van der Waals surface area (Å²) in [5.41, 5.74) is 1.96. The molecule has 0 radical (unpaired) electrons. The number of nitrogens with zero attached hydrogens (tertiary/aromatic N) is 2. The molecule has 0 bridgehead atoms. The van der Waals surface area contributed by atoms with Gasteiger partial charge in [0.2, 0.25) is 5.91 Å². The van der Waals surface area contributed by atoms with Crippen molar-refractivity contribution in [3.8, 4) is 0 Å². The smallest absolute Gasteiger partial charge is 0.322 e. The lowest BCUT2D eigenvalue weighted by molar-refractivity contribution is -0.124. The summed E-state index contributed by atoms with van der Waals surface area (Å²) < 4.78 is 5.92. The number of nitrogens with one attached hydrogen (secondary N) is 2. The van der Waals surface area contributed by atoms with E-state index in [4.69, 9.17) is 4.74 Å². The molecule has 2 N–H and O–H groups in total. The average molecular weight is 417 g/mol. The zero-order chi connectivity index (χ0) is 21.5. The first-order valence-electron chi connectivity index (χ1n) is 11.2. The number of urea groups is 1. The number of amides is 3. The monoisotopic (exact) mass is 416 g/mol. The molecule has 3 rings (SSSR count). The van der Waals surface area contributed by atoms with E-state index in [1.54, 1.807) is 11.9 Å². The molecule has 2 aliphatic rings. The van der Waals surface area contributed by atoms with Crippen LogP contribution in [0.25, 0.3) is 0 Å². The van der Waals surface area contributed by atoms with E-state index in [2.05, 4.69) is 41.5 Å². The molecule has 2 saturated heterocycles. The standard InChI is InChI=1S/C23H36N4O3/c1-17(2)26(16-20-7-4-5-14-30-20)15-18-9-11-19(12-10-18)25-23(29)27-13-6-8-21(27)22(28)24-3/h9-12,17,20-21H,4-8,13-16H2,1-3H3,(H,24,28)(H,25,29)/t20-,21-/m0/s1. The Morgan fingerprint density at radius 3 is 2.57 bits per heavy atom. The van der Waals surface area contributed by atoms with Gasteiger partial charge in [-0.25, -0.2) is 4.79 Å². The largest absolute Gasteiger partial charge is 0.377 e. The normalized spacial score (nSPS) is 21.8. The summed E-state index contributed by atoms with van der Waals surface area (Å²) >= 11 is 0. The van der Waals surface area contributed by atoms with Gasteiger partial charge in [-0.15, -0.1) is 0 Å². The fourth-order valence-corrected chi connectivity index (χ4v) is 4.24. The number of hydrogen-bond donors (Lipinski definition) is 2. The van der Waals surface area contributed by atoms with Crippen LogP contribution >= 0.6 is 0 Å². The third-order valence-corrected chi connectivity index (χ3v) is 6.10. The average Bonchev–Trinajstić information content (AvgIpc) is 3.25. The molecule has 1 aromatic rings. The van der Waals surface area contributed by atoms with Gasteiger partial charge < -0.3 is 20.3 Å². The Bertz CT molecular complexity index is 701. The highest BCUT2D eigenvalue weighted by atomic mass is 16.5. The number of ether oxygens (including phenoxy) is 1. The van der Waals surface area contributed by atoms with Crippen LogP contribution < -0.4 is 10.6 Å². The molecular formula is C23H36N4O3. The van der Waals surface area contributed by atoms with Crippen LogP contribution in [0, 0.1) is 0 Å². The summed E-state index contributed by atoms with van der Waals surface area (Å²) in [7, 11) is 1.61.